The average Bonchev–Trinajstić information content (AvgIpc) is 3.09. The van der Waals surface area contributed by atoms with Crippen molar-refractivity contribution in [1.82, 2.24) is 15.0 Å². The van der Waals surface area contributed by atoms with Crippen molar-refractivity contribution in [3.05, 3.63) is 30.2 Å². The van der Waals surface area contributed by atoms with E-state index in [9.17, 15) is 5.11 Å². The molecule has 0 saturated heterocycles. The third-order valence-electron chi connectivity index (χ3n) is 4.85. The Hall–Kier alpha value is -1.92. The van der Waals surface area contributed by atoms with Crippen molar-refractivity contribution in [2.75, 3.05) is 27.2 Å². The highest BCUT2D eigenvalue weighted by atomic mass is 16.5. The van der Waals surface area contributed by atoms with Gasteiger partial charge in [-0.1, -0.05) is 12.1 Å². The summed E-state index contributed by atoms with van der Waals surface area (Å²) in [6.07, 6.45) is 3.31. The van der Waals surface area contributed by atoms with Crippen LogP contribution in [0.4, 0.5) is 0 Å². The van der Waals surface area contributed by atoms with Gasteiger partial charge in [0.05, 0.1) is 0 Å². The monoisotopic (exact) mass is 345 g/mol. The summed E-state index contributed by atoms with van der Waals surface area (Å²) >= 11 is 0. The van der Waals surface area contributed by atoms with E-state index >= 15 is 0 Å². The molecule has 1 aromatic carbocycles. The summed E-state index contributed by atoms with van der Waals surface area (Å²) in [6, 6.07) is 7.62. The molecule has 6 heteroatoms. The summed E-state index contributed by atoms with van der Waals surface area (Å²) in [7, 11) is 4.03. The summed E-state index contributed by atoms with van der Waals surface area (Å²) in [5, 5.41) is 14.8. The molecule has 136 valence electrons. The molecule has 1 heterocycles. The zero-order valence-corrected chi connectivity index (χ0v) is 15.2. The first-order valence-electron chi connectivity index (χ1n) is 8.91. The fraction of sp³-hybridized carbons (Fsp3) is 0.579. The van der Waals surface area contributed by atoms with Gasteiger partial charge in [-0.2, -0.15) is 4.98 Å². The molecule has 0 atom stereocenters. The molecule has 0 spiro atoms. The quantitative estimate of drug-likeness (QED) is 0.867. The minimum Gasteiger partial charge on any atom is -0.492 e. The van der Waals surface area contributed by atoms with Crippen LogP contribution in [0.1, 0.15) is 38.5 Å². The maximum absolute atomic E-state index is 10.8. The van der Waals surface area contributed by atoms with Gasteiger partial charge in [0, 0.05) is 12.1 Å². The maximum atomic E-state index is 10.8. The lowest BCUT2D eigenvalue weighted by atomic mass is 9.79. The van der Waals surface area contributed by atoms with Gasteiger partial charge in [-0.3, -0.25) is 0 Å². The lowest BCUT2D eigenvalue weighted by Crippen LogP contribution is -2.31. The number of hydrogen-bond donors (Lipinski definition) is 1. The molecule has 25 heavy (non-hydrogen) atoms. The SMILES string of the molecule is CC1CCC(O)(c2nc(-c3ccc(OCCN(C)C)cc3)no2)CC1. The molecule has 1 fully saturated rings. The Balaban J connectivity index is 1.66. The predicted octanol–water partition coefficient (Wildman–Crippen LogP) is 3.07. The van der Waals surface area contributed by atoms with E-state index in [0.717, 1.165) is 30.7 Å². The predicted molar refractivity (Wildman–Crippen MR) is 95.3 cm³/mol. The van der Waals surface area contributed by atoms with Gasteiger partial charge in [0.1, 0.15) is 18.0 Å². The molecule has 0 aliphatic heterocycles. The van der Waals surface area contributed by atoms with Crippen LogP contribution in [0.25, 0.3) is 11.4 Å². The van der Waals surface area contributed by atoms with E-state index in [4.69, 9.17) is 9.26 Å². The van der Waals surface area contributed by atoms with Gasteiger partial charge in [-0.15, -0.1) is 0 Å². The average molecular weight is 345 g/mol. The van der Waals surface area contributed by atoms with Crippen LogP contribution in [-0.2, 0) is 5.60 Å². The summed E-state index contributed by atoms with van der Waals surface area (Å²) in [5.74, 6) is 2.29. The van der Waals surface area contributed by atoms with E-state index in [-0.39, 0.29) is 0 Å². The molecule has 0 radical (unpaired) electrons. The fourth-order valence-electron chi connectivity index (χ4n) is 3.03. The van der Waals surface area contributed by atoms with Crippen LogP contribution >= 0.6 is 0 Å². The van der Waals surface area contributed by atoms with E-state index in [1.165, 1.54) is 0 Å². The fourth-order valence-corrected chi connectivity index (χ4v) is 3.03. The maximum Gasteiger partial charge on any atom is 0.258 e. The zero-order valence-electron chi connectivity index (χ0n) is 15.2. The van der Waals surface area contributed by atoms with Crippen molar-refractivity contribution in [2.24, 2.45) is 5.92 Å². The number of likely N-dealkylation sites (N-methyl/N-ethyl adjacent to an activating group) is 1. The van der Waals surface area contributed by atoms with Gasteiger partial charge in [-0.25, -0.2) is 0 Å². The second kappa shape index (κ2) is 7.54. The topological polar surface area (TPSA) is 71.6 Å². The molecule has 0 bridgehead atoms. The highest BCUT2D eigenvalue weighted by Crippen LogP contribution is 2.39. The molecule has 3 rings (SSSR count). The molecule has 0 amide bonds. The van der Waals surface area contributed by atoms with Gasteiger partial charge in [0.25, 0.3) is 5.89 Å². The van der Waals surface area contributed by atoms with Gasteiger partial charge in [0.2, 0.25) is 5.82 Å². The second-order valence-electron chi connectivity index (χ2n) is 7.31. The number of rotatable bonds is 6. The number of ether oxygens (including phenoxy) is 1. The zero-order chi connectivity index (χ0) is 17.9. The van der Waals surface area contributed by atoms with Gasteiger partial charge >= 0.3 is 0 Å². The Morgan fingerprint density at radius 1 is 1.24 bits per heavy atom. The first-order chi connectivity index (χ1) is 12.0. The molecule has 1 aliphatic carbocycles. The molecule has 0 unspecified atom stereocenters. The smallest absolute Gasteiger partial charge is 0.258 e. The van der Waals surface area contributed by atoms with Crippen molar-refractivity contribution >= 4 is 0 Å². The van der Waals surface area contributed by atoms with E-state index in [1.807, 2.05) is 38.4 Å². The Kier molecular flexibility index (Phi) is 5.39. The van der Waals surface area contributed by atoms with Crippen molar-refractivity contribution in [3.8, 4) is 17.1 Å². The van der Waals surface area contributed by atoms with E-state index < -0.39 is 5.60 Å². The summed E-state index contributed by atoms with van der Waals surface area (Å²) in [6.45, 7) is 3.72. The summed E-state index contributed by atoms with van der Waals surface area (Å²) in [5.41, 5.74) is -0.129. The van der Waals surface area contributed by atoms with Gasteiger partial charge in [-0.05, 0) is 70.0 Å². The number of nitrogens with zero attached hydrogens (tertiary/aromatic N) is 3. The Bertz CT molecular complexity index is 673. The number of aliphatic hydroxyl groups is 1. The molecule has 6 nitrogen and oxygen atoms in total. The second-order valence-corrected chi connectivity index (χ2v) is 7.31. The van der Waals surface area contributed by atoms with Crippen LogP contribution in [0.3, 0.4) is 0 Å². The van der Waals surface area contributed by atoms with Crippen LogP contribution in [0.5, 0.6) is 5.75 Å². The van der Waals surface area contributed by atoms with Crippen molar-refractivity contribution in [2.45, 2.75) is 38.2 Å². The number of benzene rings is 1. The van der Waals surface area contributed by atoms with E-state index in [0.29, 0.717) is 37.1 Å². The van der Waals surface area contributed by atoms with Crippen LogP contribution in [0.15, 0.2) is 28.8 Å². The molecule has 1 aromatic heterocycles. The Morgan fingerprint density at radius 3 is 2.56 bits per heavy atom. The first-order valence-corrected chi connectivity index (χ1v) is 8.91. The lowest BCUT2D eigenvalue weighted by molar-refractivity contribution is -0.0384. The van der Waals surface area contributed by atoms with Crippen LogP contribution < -0.4 is 4.74 Å². The summed E-state index contributed by atoms with van der Waals surface area (Å²) < 4.78 is 11.1. The molecule has 2 aromatic rings. The summed E-state index contributed by atoms with van der Waals surface area (Å²) in [4.78, 5) is 6.52. The molecular formula is C19H27N3O3. The highest BCUT2D eigenvalue weighted by Gasteiger charge is 2.38. The number of aromatic nitrogens is 2. The minimum atomic E-state index is -0.979. The Labute approximate surface area is 148 Å². The lowest BCUT2D eigenvalue weighted by Gasteiger charge is -2.31. The van der Waals surface area contributed by atoms with E-state index in [1.54, 1.807) is 0 Å². The van der Waals surface area contributed by atoms with Crippen LogP contribution in [0, 0.1) is 5.92 Å². The molecule has 1 N–H and O–H groups in total. The third kappa shape index (κ3) is 4.38. The van der Waals surface area contributed by atoms with Crippen LogP contribution in [-0.4, -0.2) is 47.4 Å². The highest BCUT2D eigenvalue weighted by molar-refractivity contribution is 5.55. The molecule has 1 saturated carbocycles. The third-order valence-corrected chi connectivity index (χ3v) is 4.85. The van der Waals surface area contributed by atoms with Crippen molar-refractivity contribution in [3.63, 3.8) is 0 Å². The van der Waals surface area contributed by atoms with Gasteiger partial charge < -0.3 is 19.3 Å². The first kappa shape index (κ1) is 17.9. The van der Waals surface area contributed by atoms with Crippen molar-refractivity contribution in [1.29, 1.82) is 0 Å². The van der Waals surface area contributed by atoms with Crippen LogP contribution in [0.2, 0.25) is 0 Å². The van der Waals surface area contributed by atoms with E-state index in [2.05, 4.69) is 22.0 Å². The Morgan fingerprint density at radius 2 is 1.92 bits per heavy atom. The largest absolute Gasteiger partial charge is 0.492 e. The standard InChI is InChI=1S/C19H27N3O3/c1-14-8-10-19(23,11-9-14)18-20-17(21-25-18)15-4-6-16(7-5-15)24-13-12-22(2)3/h4-7,14,23H,8-13H2,1-3H3. The van der Waals surface area contributed by atoms with Crippen molar-refractivity contribution < 1.29 is 14.4 Å². The normalized spacial score (nSPS) is 23.8. The molecule has 1 aliphatic rings. The minimum absolute atomic E-state index is 0.334. The van der Waals surface area contributed by atoms with Gasteiger partial charge in [0.15, 0.2) is 0 Å². The molecular weight excluding hydrogens is 318 g/mol. The number of hydrogen-bond acceptors (Lipinski definition) is 6.